The summed E-state index contributed by atoms with van der Waals surface area (Å²) in [6, 6.07) is 3.95. The fourth-order valence-corrected chi connectivity index (χ4v) is 1.48. The maximum Gasteiger partial charge on any atom is 0.0832 e. The van der Waals surface area contributed by atoms with Crippen LogP contribution in [-0.4, -0.2) is 9.67 Å². The monoisotopic (exact) mass is 181 g/mol. The summed E-state index contributed by atoms with van der Waals surface area (Å²) < 4.78 is 2.13. The summed E-state index contributed by atoms with van der Waals surface area (Å²) in [5.74, 6) is 0.771. The van der Waals surface area contributed by atoms with Crippen molar-refractivity contribution in [3.8, 4) is 0 Å². The number of rotatable bonds is 5. The molecule has 0 aromatic carbocycles. The first-order chi connectivity index (χ1) is 6.24. The first kappa shape index (κ1) is 10.3. The second kappa shape index (κ2) is 5.07. The third kappa shape index (κ3) is 3.23. The summed E-state index contributed by atoms with van der Waals surface area (Å²) >= 11 is 0. The van der Waals surface area contributed by atoms with Crippen LogP contribution in [0.25, 0.3) is 0 Å². The third-order valence-electron chi connectivity index (χ3n) is 2.27. The largest absolute Gasteiger partial charge is 0.390 e. The van der Waals surface area contributed by atoms with Crippen molar-refractivity contribution < 1.29 is 5.11 Å². The standard InChI is InChI=1S/C11H19NO/c1-10(2)5-3-7-12-8-4-6-11(12)9-13/h4,6,8,10,13H,3,5,7,9H2,1-2H3. The van der Waals surface area contributed by atoms with E-state index in [9.17, 15) is 0 Å². The molecule has 0 saturated heterocycles. The molecule has 0 unspecified atom stereocenters. The first-order valence-electron chi connectivity index (χ1n) is 4.99. The number of aliphatic hydroxyl groups excluding tert-OH is 1. The molecule has 0 spiro atoms. The Bertz CT molecular complexity index is 240. The molecule has 1 N–H and O–H groups in total. The van der Waals surface area contributed by atoms with Crippen LogP contribution in [0.5, 0.6) is 0 Å². The van der Waals surface area contributed by atoms with E-state index >= 15 is 0 Å². The molecule has 74 valence electrons. The summed E-state index contributed by atoms with van der Waals surface area (Å²) in [4.78, 5) is 0. The van der Waals surface area contributed by atoms with Crippen LogP contribution in [0.1, 0.15) is 32.4 Å². The van der Waals surface area contributed by atoms with Crippen molar-refractivity contribution in [1.29, 1.82) is 0 Å². The van der Waals surface area contributed by atoms with E-state index in [1.165, 1.54) is 12.8 Å². The topological polar surface area (TPSA) is 25.2 Å². The highest BCUT2D eigenvalue weighted by atomic mass is 16.3. The minimum Gasteiger partial charge on any atom is -0.390 e. The van der Waals surface area contributed by atoms with E-state index in [4.69, 9.17) is 5.11 Å². The molecular weight excluding hydrogens is 162 g/mol. The van der Waals surface area contributed by atoms with E-state index in [2.05, 4.69) is 18.4 Å². The maximum absolute atomic E-state index is 9.00. The quantitative estimate of drug-likeness (QED) is 0.741. The molecule has 0 radical (unpaired) electrons. The highest BCUT2D eigenvalue weighted by molar-refractivity contribution is 5.05. The predicted molar refractivity (Wildman–Crippen MR) is 54.4 cm³/mol. The Morgan fingerprint density at radius 2 is 2.23 bits per heavy atom. The van der Waals surface area contributed by atoms with E-state index in [1.54, 1.807) is 0 Å². The Kier molecular flexibility index (Phi) is 4.03. The SMILES string of the molecule is CC(C)CCCn1cccc1CO. The van der Waals surface area contributed by atoms with Crippen molar-refractivity contribution in [3.63, 3.8) is 0 Å². The molecule has 0 amide bonds. The summed E-state index contributed by atoms with van der Waals surface area (Å²) in [6.45, 7) is 5.65. The van der Waals surface area contributed by atoms with Gasteiger partial charge in [0.05, 0.1) is 6.61 Å². The maximum atomic E-state index is 9.00. The van der Waals surface area contributed by atoms with Gasteiger partial charge in [-0.3, -0.25) is 0 Å². The van der Waals surface area contributed by atoms with Gasteiger partial charge >= 0.3 is 0 Å². The van der Waals surface area contributed by atoms with E-state index in [0.717, 1.165) is 18.2 Å². The minimum absolute atomic E-state index is 0.147. The van der Waals surface area contributed by atoms with Crippen LogP contribution in [0.3, 0.4) is 0 Å². The van der Waals surface area contributed by atoms with Gasteiger partial charge in [0.2, 0.25) is 0 Å². The zero-order valence-electron chi connectivity index (χ0n) is 8.53. The number of hydrogen-bond acceptors (Lipinski definition) is 1. The number of aliphatic hydroxyl groups is 1. The molecule has 1 heterocycles. The number of hydrogen-bond donors (Lipinski definition) is 1. The number of aryl methyl sites for hydroxylation is 1. The second-order valence-electron chi connectivity index (χ2n) is 3.89. The van der Waals surface area contributed by atoms with Gasteiger partial charge in [-0.15, -0.1) is 0 Å². The fraction of sp³-hybridized carbons (Fsp3) is 0.636. The average Bonchev–Trinajstić information content (AvgIpc) is 2.51. The highest BCUT2D eigenvalue weighted by Crippen LogP contribution is 2.08. The Balaban J connectivity index is 2.36. The molecular formula is C11H19NO. The molecule has 0 atom stereocenters. The van der Waals surface area contributed by atoms with Gasteiger partial charge in [0.1, 0.15) is 0 Å². The van der Waals surface area contributed by atoms with Crippen molar-refractivity contribution in [2.45, 2.75) is 39.8 Å². The van der Waals surface area contributed by atoms with E-state index < -0.39 is 0 Å². The van der Waals surface area contributed by atoms with Crippen molar-refractivity contribution in [1.82, 2.24) is 4.57 Å². The highest BCUT2D eigenvalue weighted by Gasteiger charge is 1.99. The van der Waals surface area contributed by atoms with Crippen LogP contribution in [0.2, 0.25) is 0 Å². The summed E-state index contributed by atoms with van der Waals surface area (Å²) in [5, 5.41) is 9.00. The van der Waals surface area contributed by atoms with Gasteiger partial charge in [0.25, 0.3) is 0 Å². The molecule has 2 nitrogen and oxygen atoms in total. The van der Waals surface area contributed by atoms with Crippen molar-refractivity contribution in [2.24, 2.45) is 5.92 Å². The number of aromatic nitrogens is 1. The smallest absolute Gasteiger partial charge is 0.0832 e. The van der Waals surface area contributed by atoms with Crippen molar-refractivity contribution >= 4 is 0 Å². The van der Waals surface area contributed by atoms with Crippen LogP contribution in [0, 0.1) is 5.92 Å². The summed E-state index contributed by atoms with van der Waals surface area (Å²) in [6.07, 6.45) is 4.48. The molecule has 1 rings (SSSR count). The van der Waals surface area contributed by atoms with Crippen LogP contribution in [0.15, 0.2) is 18.3 Å². The van der Waals surface area contributed by atoms with Crippen LogP contribution in [0.4, 0.5) is 0 Å². The lowest BCUT2D eigenvalue weighted by molar-refractivity contribution is 0.269. The van der Waals surface area contributed by atoms with Gasteiger partial charge in [0.15, 0.2) is 0 Å². The van der Waals surface area contributed by atoms with Crippen molar-refractivity contribution in [2.75, 3.05) is 0 Å². The van der Waals surface area contributed by atoms with Crippen LogP contribution < -0.4 is 0 Å². The van der Waals surface area contributed by atoms with Gasteiger partial charge in [0, 0.05) is 18.4 Å². The molecule has 0 saturated carbocycles. The van der Waals surface area contributed by atoms with E-state index in [0.29, 0.717) is 0 Å². The zero-order chi connectivity index (χ0) is 9.68. The molecule has 1 aromatic rings. The second-order valence-corrected chi connectivity index (χ2v) is 3.89. The Hall–Kier alpha value is -0.760. The predicted octanol–water partition coefficient (Wildman–Crippen LogP) is 2.42. The molecule has 0 bridgehead atoms. The molecule has 13 heavy (non-hydrogen) atoms. The summed E-state index contributed by atoms with van der Waals surface area (Å²) in [7, 11) is 0. The van der Waals surface area contributed by atoms with Gasteiger partial charge in [-0.1, -0.05) is 13.8 Å². The molecule has 0 aliphatic heterocycles. The lowest BCUT2D eigenvalue weighted by Crippen LogP contribution is -2.02. The lowest BCUT2D eigenvalue weighted by atomic mass is 10.1. The summed E-state index contributed by atoms with van der Waals surface area (Å²) in [5.41, 5.74) is 1.02. The van der Waals surface area contributed by atoms with Gasteiger partial charge in [-0.25, -0.2) is 0 Å². The third-order valence-corrected chi connectivity index (χ3v) is 2.27. The van der Waals surface area contributed by atoms with Gasteiger partial charge in [-0.2, -0.15) is 0 Å². The normalized spacial score (nSPS) is 11.1. The molecule has 0 fully saturated rings. The Morgan fingerprint density at radius 3 is 2.85 bits per heavy atom. The van der Waals surface area contributed by atoms with E-state index in [1.807, 2.05) is 18.3 Å². The average molecular weight is 181 g/mol. The molecule has 2 heteroatoms. The van der Waals surface area contributed by atoms with Gasteiger partial charge in [-0.05, 0) is 30.9 Å². The van der Waals surface area contributed by atoms with E-state index in [-0.39, 0.29) is 6.61 Å². The number of nitrogens with zero attached hydrogens (tertiary/aromatic N) is 1. The molecule has 0 aliphatic rings. The first-order valence-corrected chi connectivity index (χ1v) is 4.99. The Labute approximate surface area is 80.2 Å². The van der Waals surface area contributed by atoms with Crippen LogP contribution >= 0.6 is 0 Å². The molecule has 0 aliphatic carbocycles. The molecule has 1 aromatic heterocycles. The van der Waals surface area contributed by atoms with Crippen LogP contribution in [-0.2, 0) is 13.2 Å². The zero-order valence-corrected chi connectivity index (χ0v) is 8.53. The van der Waals surface area contributed by atoms with Crippen molar-refractivity contribution in [3.05, 3.63) is 24.0 Å². The Morgan fingerprint density at radius 1 is 1.46 bits per heavy atom. The minimum atomic E-state index is 0.147. The fourth-order valence-electron chi connectivity index (χ4n) is 1.48. The lowest BCUT2D eigenvalue weighted by Gasteiger charge is -2.08. The van der Waals surface area contributed by atoms with Gasteiger partial charge < -0.3 is 9.67 Å².